The van der Waals surface area contributed by atoms with Crippen LogP contribution in [-0.4, -0.2) is 18.5 Å². The highest BCUT2D eigenvalue weighted by Gasteiger charge is 2.26. The molecule has 4 nitrogen and oxygen atoms in total. The first-order valence-corrected chi connectivity index (χ1v) is 6.45. The van der Waals surface area contributed by atoms with Crippen molar-refractivity contribution in [3.05, 3.63) is 23.8 Å². The van der Waals surface area contributed by atoms with Gasteiger partial charge in [-0.2, -0.15) is 0 Å². The minimum Gasteiger partial charge on any atom is -0.398 e. The molecule has 0 radical (unpaired) electrons. The zero-order valence-electron chi connectivity index (χ0n) is 11.0. The van der Waals surface area contributed by atoms with E-state index < -0.39 is 5.91 Å². The molecular weight excluding hydrogens is 226 g/mol. The number of nitrogens with two attached hydrogens (primary N) is 2. The van der Waals surface area contributed by atoms with Gasteiger partial charge in [0, 0.05) is 24.0 Å². The van der Waals surface area contributed by atoms with Crippen LogP contribution >= 0.6 is 0 Å². The van der Waals surface area contributed by atoms with Gasteiger partial charge in [-0.15, -0.1) is 0 Å². The fraction of sp³-hybridized carbons (Fsp3) is 0.500. The van der Waals surface area contributed by atoms with Crippen LogP contribution in [0.2, 0.25) is 0 Å². The molecule has 0 aliphatic heterocycles. The summed E-state index contributed by atoms with van der Waals surface area (Å²) in [5.41, 5.74) is 13.0. The molecule has 98 valence electrons. The quantitative estimate of drug-likeness (QED) is 0.782. The number of hydrogen-bond acceptors (Lipinski definition) is 3. The van der Waals surface area contributed by atoms with E-state index in [0.717, 1.165) is 18.2 Å². The second-order valence-electron chi connectivity index (χ2n) is 5.33. The Morgan fingerprint density at radius 2 is 2.11 bits per heavy atom. The highest BCUT2D eigenvalue weighted by Crippen LogP contribution is 2.33. The summed E-state index contributed by atoms with van der Waals surface area (Å²) in [6.45, 7) is 5.35. The molecule has 0 unspecified atom stereocenters. The molecule has 0 atom stereocenters. The monoisotopic (exact) mass is 247 g/mol. The van der Waals surface area contributed by atoms with Crippen LogP contribution in [0.4, 0.5) is 11.4 Å². The minimum atomic E-state index is -0.468. The molecule has 2 rings (SSSR count). The van der Waals surface area contributed by atoms with Crippen molar-refractivity contribution in [2.24, 2.45) is 11.7 Å². The predicted octanol–water partition coefficient (Wildman–Crippen LogP) is 1.99. The van der Waals surface area contributed by atoms with E-state index in [-0.39, 0.29) is 0 Å². The number of amides is 1. The third-order valence-electron chi connectivity index (χ3n) is 3.41. The van der Waals surface area contributed by atoms with Crippen molar-refractivity contribution in [1.82, 2.24) is 0 Å². The molecule has 18 heavy (non-hydrogen) atoms. The highest BCUT2D eigenvalue weighted by molar-refractivity contribution is 5.99. The lowest BCUT2D eigenvalue weighted by Crippen LogP contribution is -2.33. The molecule has 1 saturated carbocycles. The van der Waals surface area contributed by atoms with E-state index in [1.54, 1.807) is 12.1 Å². The Labute approximate surface area is 108 Å². The van der Waals surface area contributed by atoms with Crippen molar-refractivity contribution >= 4 is 17.3 Å². The van der Waals surface area contributed by atoms with E-state index in [0.29, 0.717) is 17.3 Å². The summed E-state index contributed by atoms with van der Waals surface area (Å²) in [5, 5.41) is 0. The van der Waals surface area contributed by atoms with Crippen molar-refractivity contribution < 1.29 is 4.79 Å². The van der Waals surface area contributed by atoms with E-state index >= 15 is 0 Å². The number of hydrogen-bond donors (Lipinski definition) is 2. The second kappa shape index (κ2) is 4.88. The van der Waals surface area contributed by atoms with Crippen molar-refractivity contribution in [3.63, 3.8) is 0 Å². The highest BCUT2D eigenvalue weighted by atomic mass is 16.1. The Morgan fingerprint density at radius 3 is 2.61 bits per heavy atom. The van der Waals surface area contributed by atoms with Crippen LogP contribution in [0.3, 0.4) is 0 Å². The molecule has 0 bridgehead atoms. The van der Waals surface area contributed by atoms with E-state index in [4.69, 9.17) is 11.5 Å². The molecule has 4 heteroatoms. The summed E-state index contributed by atoms with van der Waals surface area (Å²) in [6.07, 6.45) is 2.61. The van der Waals surface area contributed by atoms with Gasteiger partial charge in [0.1, 0.15) is 0 Å². The maximum atomic E-state index is 11.3. The number of rotatable bonds is 5. The largest absolute Gasteiger partial charge is 0.398 e. The van der Waals surface area contributed by atoms with Gasteiger partial charge in [-0.3, -0.25) is 4.79 Å². The van der Waals surface area contributed by atoms with Crippen molar-refractivity contribution in [3.8, 4) is 0 Å². The van der Waals surface area contributed by atoms with Crippen molar-refractivity contribution in [2.75, 3.05) is 17.2 Å². The smallest absolute Gasteiger partial charge is 0.250 e. The summed E-state index contributed by atoms with van der Waals surface area (Å²) in [4.78, 5) is 13.6. The molecule has 4 N–H and O–H groups in total. The lowest BCUT2D eigenvalue weighted by molar-refractivity contribution is 0.100. The van der Waals surface area contributed by atoms with Gasteiger partial charge in [0.25, 0.3) is 5.91 Å². The van der Waals surface area contributed by atoms with Crippen LogP contribution in [0.5, 0.6) is 0 Å². The maximum absolute atomic E-state index is 11.3. The Bertz CT molecular complexity index is 452. The molecular formula is C14H21N3O. The Hall–Kier alpha value is -1.71. The lowest BCUT2D eigenvalue weighted by Gasteiger charge is -2.29. The standard InChI is InChI=1S/C14H21N3O/c1-9(2)17(8-10-3-4-10)11-5-6-13(15)12(7-11)14(16)18/h5-7,9-10H,3-4,8,15H2,1-2H3,(H2,16,18). The van der Waals surface area contributed by atoms with Gasteiger partial charge in [0.05, 0.1) is 5.56 Å². The summed E-state index contributed by atoms with van der Waals surface area (Å²) < 4.78 is 0. The zero-order chi connectivity index (χ0) is 13.3. The topological polar surface area (TPSA) is 72.3 Å². The van der Waals surface area contributed by atoms with Crippen molar-refractivity contribution in [2.45, 2.75) is 32.7 Å². The first-order valence-electron chi connectivity index (χ1n) is 6.45. The Balaban J connectivity index is 2.28. The summed E-state index contributed by atoms with van der Waals surface area (Å²) in [7, 11) is 0. The fourth-order valence-corrected chi connectivity index (χ4v) is 2.13. The lowest BCUT2D eigenvalue weighted by atomic mass is 10.1. The molecule has 1 aliphatic carbocycles. The fourth-order valence-electron chi connectivity index (χ4n) is 2.13. The number of nitrogens with zero attached hydrogens (tertiary/aromatic N) is 1. The average Bonchev–Trinajstić information content (AvgIpc) is 3.10. The van der Waals surface area contributed by atoms with E-state index in [1.807, 2.05) is 6.07 Å². The van der Waals surface area contributed by atoms with E-state index in [9.17, 15) is 4.79 Å². The maximum Gasteiger partial charge on any atom is 0.250 e. The minimum absolute atomic E-state index is 0.398. The number of benzene rings is 1. The number of carbonyl (C=O) groups excluding carboxylic acids is 1. The van der Waals surface area contributed by atoms with Crippen LogP contribution in [0.1, 0.15) is 37.0 Å². The third kappa shape index (κ3) is 2.75. The average molecular weight is 247 g/mol. The SMILES string of the molecule is CC(C)N(CC1CC1)c1ccc(N)c(C(N)=O)c1. The van der Waals surface area contributed by atoms with Gasteiger partial charge in [-0.25, -0.2) is 0 Å². The molecule has 1 aliphatic rings. The summed E-state index contributed by atoms with van der Waals surface area (Å²) >= 11 is 0. The van der Waals surface area contributed by atoms with Crippen LogP contribution in [0.15, 0.2) is 18.2 Å². The molecule has 1 fully saturated rings. The molecule has 0 spiro atoms. The van der Waals surface area contributed by atoms with Crippen molar-refractivity contribution in [1.29, 1.82) is 0 Å². The molecule has 1 amide bonds. The van der Waals surface area contributed by atoms with Gasteiger partial charge < -0.3 is 16.4 Å². The molecule has 1 aromatic carbocycles. The van der Waals surface area contributed by atoms with Gasteiger partial charge in [0.2, 0.25) is 0 Å². The first-order chi connectivity index (χ1) is 8.49. The summed E-state index contributed by atoms with van der Waals surface area (Å²) in [5.74, 6) is 0.325. The van der Waals surface area contributed by atoms with Gasteiger partial charge in [-0.05, 0) is 50.8 Å². The number of carbonyl (C=O) groups is 1. The number of primary amides is 1. The van der Waals surface area contributed by atoms with Crippen LogP contribution < -0.4 is 16.4 Å². The normalized spacial score (nSPS) is 14.8. The zero-order valence-corrected chi connectivity index (χ0v) is 11.0. The number of nitrogen functional groups attached to an aromatic ring is 1. The predicted molar refractivity (Wildman–Crippen MR) is 74.6 cm³/mol. The molecule has 1 aromatic rings. The first kappa shape index (κ1) is 12.7. The van der Waals surface area contributed by atoms with Crippen LogP contribution in [0.25, 0.3) is 0 Å². The summed E-state index contributed by atoms with van der Waals surface area (Å²) in [6, 6.07) is 5.93. The van der Waals surface area contributed by atoms with Gasteiger partial charge in [0.15, 0.2) is 0 Å². The van der Waals surface area contributed by atoms with E-state index in [1.165, 1.54) is 12.8 Å². The van der Waals surface area contributed by atoms with Crippen LogP contribution in [0, 0.1) is 5.92 Å². The second-order valence-corrected chi connectivity index (χ2v) is 5.33. The molecule has 0 heterocycles. The molecule has 0 aromatic heterocycles. The van der Waals surface area contributed by atoms with Gasteiger partial charge >= 0.3 is 0 Å². The van der Waals surface area contributed by atoms with Crippen LogP contribution in [-0.2, 0) is 0 Å². The van der Waals surface area contributed by atoms with Gasteiger partial charge in [-0.1, -0.05) is 0 Å². The third-order valence-corrected chi connectivity index (χ3v) is 3.41. The number of anilines is 2. The Morgan fingerprint density at radius 1 is 1.44 bits per heavy atom. The van der Waals surface area contributed by atoms with E-state index in [2.05, 4.69) is 18.7 Å². The molecule has 0 saturated heterocycles. The Kier molecular flexibility index (Phi) is 3.45.